The molecule has 0 atom stereocenters. The lowest BCUT2D eigenvalue weighted by atomic mass is 10.0. The van der Waals surface area contributed by atoms with E-state index < -0.39 is 5.97 Å². The third kappa shape index (κ3) is 6.96. The number of carboxylic acids is 1. The van der Waals surface area contributed by atoms with E-state index >= 15 is 0 Å². The molecule has 23 heavy (non-hydrogen) atoms. The molecule has 1 aromatic carbocycles. The van der Waals surface area contributed by atoms with Crippen molar-refractivity contribution in [3.63, 3.8) is 0 Å². The molecule has 0 radical (unpaired) electrons. The second kappa shape index (κ2) is 9.98. The lowest BCUT2D eigenvalue weighted by molar-refractivity contribution is -0.138. The number of hydrogen-bond donors (Lipinski definition) is 1. The molecule has 1 aliphatic heterocycles. The van der Waals surface area contributed by atoms with Gasteiger partial charge >= 0.3 is 5.97 Å². The number of likely N-dealkylation sites (tertiary alicyclic amines) is 1. The minimum absolute atomic E-state index is 0. The number of carbonyl (C=O) groups is 1. The number of ether oxygens (including phenoxy) is 1. The van der Waals surface area contributed by atoms with Gasteiger partial charge < -0.3 is 9.84 Å². The van der Waals surface area contributed by atoms with Crippen molar-refractivity contribution in [1.82, 2.24) is 9.80 Å². The van der Waals surface area contributed by atoms with Crippen molar-refractivity contribution in [3.8, 4) is 5.75 Å². The highest BCUT2D eigenvalue weighted by atomic mass is 35.5. The van der Waals surface area contributed by atoms with E-state index in [0.717, 1.165) is 38.2 Å². The summed E-state index contributed by atoms with van der Waals surface area (Å²) in [6, 6.07) is 7.78. The summed E-state index contributed by atoms with van der Waals surface area (Å²) in [6.45, 7) is 3.58. The van der Waals surface area contributed by atoms with Gasteiger partial charge in [0.1, 0.15) is 12.4 Å². The number of likely N-dealkylation sites (N-methyl/N-ethyl adjacent to an activating group) is 1. The lowest BCUT2D eigenvalue weighted by Gasteiger charge is -2.36. The van der Waals surface area contributed by atoms with Gasteiger partial charge in [-0.25, -0.2) is 0 Å². The zero-order chi connectivity index (χ0) is 15.9. The molecule has 1 N–H and O–H groups in total. The van der Waals surface area contributed by atoms with Crippen LogP contribution in [0.15, 0.2) is 24.3 Å². The molecule has 1 fully saturated rings. The summed E-state index contributed by atoms with van der Waals surface area (Å²) in [5, 5.41) is 9.51. The number of piperidine rings is 1. The lowest BCUT2D eigenvalue weighted by Crippen LogP contribution is -2.45. The van der Waals surface area contributed by atoms with Crippen molar-refractivity contribution >= 4 is 30.0 Å². The minimum atomic E-state index is -0.764. The zero-order valence-electron chi connectivity index (χ0n) is 13.3. The first-order valence-electron chi connectivity index (χ1n) is 7.57. The van der Waals surface area contributed by atoms with Crippen LogP contribution >= 0.6 is 24.0 Å². The topological polar surface area (TPSA) is 53.0 Å². The molecule has 7 heteroatoms. The summed E-state index contributed by atoms with van der Waals surface area (Å²) >= 11 is 5.92. The van der Waals surface area contributed by atoms with Gasteiger partial charge in [0.05, 0.1) is 6.54 Å². The first kappa shape index (κ1) is 20.0. The Balaban J connectivity index is 0.00000264. The third-order valence-corrected chi connectivity index (χ3v) is 4.27. The van der Waals surface area contributed by atoms with Crippen molar-refractivity contribution in [1.29, 1.82) is 0 Å². The largest absolute Gasteiger partial charge is 0.492 e. The highest BCUT2D eigenvalue weighted by molar-refractivity contribution is 6.30. The predicted octanol–water partition coefficient (Wildman–Crippen LogP) is 2.62. The maximum atomic E-state index is 10.7. The molecule has 0 amide bonds. The van der Waals surface area contributed by atoms with Crippen LogP contribution in [0.5, 0.6) is 5.75 Å². The number of halogens is 2. The van der Waals surface area contributed by atoms with E-state index in [9.17, 15) is 4.79 Å². The molecule has 1 heterocycles. The van der Waals surface area contributed by atoms with Crippen molar-refractivity contribution < 1.29 is 14.6 Å². The minimum Gasteiger partial charge on any atom is -0.492 e. The molecular formula is C16H24Cl2N2O3. The fraction of sp³-hybridized carbons (Fsp3) is 0.562. The Kier molecular flexibility index (Phi) is 8.69. The number of nitrogens with zero attached hydrogens (tertiary/aromatic N) is 2. The smallest absolute Gasteiger partial charge is 0.317 e. The molecule has 0 aromatic heterocycles. The Labute approximate surface area is 148 Å². The van der Waals surface area contributed by atoms with Crippen LogP contribution in [0.1, 0.15) is 12.8 Å². The summed E-state index contributed by atoms with van der Waals surface area (Å²) in [7, 11) is 1.89. The van der Waals surface area contributed by atoms with Gasteiger partial charge in [-0.3, -0.25) is 14.6 Å². The molecular weight excluding hydrogens is 339 g/mol. The third-order valence-electron chi connectivity index (χ3n) is 4.04. The number of carboxylic acid groups (broad SMARTS) is 1. The van der Waals surface area contributed by atoms with Crippen LogP contribution in [-0.2, 0) is 4.79 Å². The first-order valence-corrected chi connectivity index (χ1v) is 7.95. The predicted molar refractivity (Wildman–Crippen MR) is 93.9 cm³/mol. The van der Waals surface area contributed by atoms with Crippen molar-refractivity contribution in [2.45, 2.75) is 18.9 Å². The first-order chi connectivity index (χ1) is 10.5. The summed E-state index contributed by atoms with van der Waals surface area (Å²) < 4.78 is 5.70. The van der Waals surface area contributed by atoms with Crippen molar-refractivity contribution in [3.05, 3.63) is 29.3 Å². The zero-order valence-corrected chi connectivity index (χ0v) is 14.9. The molecule has 0 unspecified atom stereocenters. The Morgan fingerprint density at radius 3 is 2.74 bits per heavy atom. The van der Waals surface area contributed by atoms with E-state index in [2.05, 4.69) is 4.90 Å². The van der Waals surface area contributed by atoms with Crippen LogP contribution < -0.4 is 4.74 Å². The molecule has 5 nitrogen and oxygen atoms in total. The average Bonchev–Trinajstić information content (AvgIpc) is 2.47. The van der Waals surface area contributed by atoms with Crippen LogP contribution in [0.4, 0.5) is 0 Å². The second-order valence-corrected chi connectivity index (χ2v) is 6.12. The van der Waals surface area contributed by atoms with E-state index in [0.29, 0.717) is 17.7 Å². The van der Waals surface area contributed by atoms with Crippen LogP contribution in [0.2, 0.25) is 5.02 Å². The Hall–Kier alpha value is -1.01. The molecule has 0 aliphatic carbocycles. The molecule has 0 bridgehead atoms. The maximum absolute atomic E-state index is 10.7. The van der Waals surface area contributed by atoms with Gasteiger partial charge in [-0.15, -0.1) is 12.4 Å². The van der Waals surface area contributed by atoms with Crippen molar-refractivity contribution in [2.24, 2.45) is 0 Å². The SMILES string of the molecule is CN(CC(=O)O)C1CCN(CCOc2cccc(Cl)c2)CC1.Cl. The Morgan fingerprint density at radius 1 is 1.43 bits per heavy atom. The number of aliphatic carboxylic acids is 1. The van der Waals surface area contributed by atoms with E-state index in [1.807, 2.05) is 36.2 Å². The van der Waals surface area contributed by atoms with Gasteiger partial charge in [0.25, 0.3) is 0 Å². The summed E-state index contributed by atoms with van der Waals surface area (Å²) in [4.78, 5) is 15.0. The van der Waals surface area contributed by atoms with Gasteiger partial charge in [-0.05, 0) is 51.2 Å². The second-order valence-electron chi connectivity index (χ2n) is 5.69. The summed E-state index contributed by atoms with van der Waals surface area (Å²) in [5.74, 6) is 0.0310. The molecule has 1 saturated heterocycles. The van der Waals surface area contributed by atoms with Crippen LogP contribution in [0, 0.1) is 0 Å². The molecule has 0 saturated carbocycles. The average molecular weight is 363 g/mol. The number of hydrogen-bond acceptors (Lipinski definition) is 4. The molecule has 1 aromatic rings. The molecule has 0 spiro atoms. The van der Waals surface area contributed by atoms with Gasteiger partial charge in [-0.2, -0.15) is 0 Å². The van der Waals surface area contributed by atoms with E-state index in [1.165, 1.54) is 0 Å². The Bertz CT molecular complexity index is 494. The number of rotatable bonds is 7. The summed E-state index contributed by atoms with van der Waals surface area (Å²) in [5.41, 5.74) is 0. The fourth-order valence-corrected chi connectivity index (χ4v) is 2.96. The Morgan fingerprint density at radius 2 is 2.13 bits per heavy atom. The fourth-order valence-electron chi connectivity index (χ4n) is 2.78. The van der Waals surface area contributed by atoms with E-state index in [4.69, 9.17) is 21.4 Å². The monoisotopic (exact) mass is 362 g/mol. The van der Waals surface area contributed by atoms with E-state index in [1.54, 1.807) is 0 Å². The number of benzene rings is 1. The van der Waals surface area contributed by atoms with Gasteiger partial charge in [-0.1, -0.05) is 17.7 Å². The molecule has 2 rings (SSSR count). The van der Waals surface area contributed by atoms with Gasteiger partial charge in [0.15, 0.2) is 0 Å². The normalized spacial score (nSPS) is 16.1. The van der Waals surface area contributed by atoms with E-state index in [-0.39, 0.29) is 19.0 Å². The van der Waals surface area contributed by atoms with Crippen LogP contribution in [-0.4, -0.2) is 66.8 Å². The standard InChI is InChI=1S/C16H23ClN2O3.ClH/c1-18(12-16(20)21)14-5-7-19(8-6-14)9-10-22-15-4-2-3-13(17)11-15;/h2-4,11,14H,5-10,12H2,1H3,(H,20,21);1H. The molecule has 1 aliphatic rings. The summed E-state index contributed by atoms with van der Waals surface area (Å²) in [6.07, 6.45) is 2.00. The highest BCUT2D eigenvalue weighted by Crippen LogP contribution is 2.18. The van der Waals surface area contributed by atoms with Gasteiger partial charge in [0.2, 0.25) is 0 Å². The van der Waals surface area contributed by atoms with Gasteiger partial charge in [0, 0.05) is 17.6 Å². The quantitative estimate of drug-likeness (QED) is 0.807. The maximum Gasteiger partial charge on any atom is 0.317 e. The molecule has 130 valence electrons. The van der Waals surface area contributed by atoms with Crippen LogP contribution in [0.3, 0.4) is 0 Å². The van der Waals surface area contributed by atoms with Crippen molar-refractivity contribution in [2.75, 3.05) is 39.8 Å². The van der Waals surface area contributed by atoms with Crippen LogP contribution in [0.25, 0.3) is 0 Å². The highest BCUT2D eigenvalue weighted by Gasteiger charge is 2.23.